The van der Waals surface area contributed by atoms with Crippen molar-refractivity contribution in [1.82, 2.24) is 9.47 Å². The molecule has 0 bridgehead atoms. The van der Waals surface area contributed by atoms with E-state index in [-0.39, 0.29) is 24.2 Å². The van der Waals surface area contributed by atoms with Crippen LogP contribution in [-0.4, -0.2) is 39.5 Å². The fraction of sp³-hybridized carbons (Fsp3) is 0.333. The number of benzene rings is 1. The number of hydrogen-bond donors (Lipinski definition) is 1. The predicted octanol–water partition coefficient (Wildman–Crippen LogP) is 2.21. The standard InChI is InChI=1S/C15H18N2O3/c1-10(2)16(3)14(18)9-17-12-7-5-4-6-11(12)8-13(17)15(19)20/h4-8,10H,9H2,1-3H3,(H,19,20). The Morgan fingerprint density at radius 3 is 2.55 bits per heavy atom. The Balaban J connectivity index is 2.44. The Kier molecular flexibility index (Phi) is 3.79. The van der Waals surface area contributed by atoms with Gasteiger partial charge in [0, 0.05) is 24.0 Å². The van der Waals surface area contributed by atoms with Crippen molar-refractivity contribution >= 4 is 22.8 Å². The zero-order chi connectivity index (χ0) is 14.9. The number of para-hydroxylation sites is 1. The third kappa shape index (κ3) is 2.52. The van der Waals surface area contributed by atoms with Gasteiger partial charge in [0.25, 0.3) is 0 Å². The van der Waals surface area contributed by atoms with E-state index in [2.05, 4.69) is 0 Å². The Morgan fingerprint density at radius 2 is 1.95 bits per heavy atom. The summed E-state index contributed by atoms with van der Waals surface area (Å²) in [6, 6.07) is 9.03. The molecule has 1 amide bonds. The zero-order valence-corrected chi connectivity index (χ0v) is 11.8. The number of likely N-dealkylation sites (N-methyl/N-ethyl adjacent to an activating group) is 1. The number of amides is 1. The molecule has 2 aromatic rings. The maximum Gasteiger partial charge on any atom is 0.352 e. The van der Waals surface area contributed by atoms with E-state index in [4.69, 9.17) is 0 Å². The Bertz CT molecular complexity index is 658. The van der Waals surface area contributed by atoms with Crippen LogP contribution in [0.2, 0.25) is 0 Å². The Morgan fingerprint density at radius 1 is 1.30 bits per heavy atom. The highest BCUT2D eigenvalue weighted by atomic mass is 16.4. The summed E-state index contributed by atoms with van der Waals surface area (Å²) in [4.78, 5) is 25.1. The third-order valence-electron chi connectivity index (χ3n) is 3.49. The van der Waals surface area contributed by atoms with Crippen LogP contribution in [0.3, 0.4) is 0 Å². The molecule has 0 aliphatic rings. The highest BCUT2D eigenvalue weighted by Crippen LogP contribution is 2.20. The fourth-order valence-electron chi connectivity index (χ4n) is 2.09. The van der Waals surface area contributed by atoms with Crippen molar-refractivity contribution < 1.29 is 14.7 Å². The van der Waals surface area contributed by atoms with Crippen LogP contribution in [0.25, 0.3) is 10.9 Å². The highest BCUT2D eigenvalue weighted by Gasteiger charge is 2.19. The molecular formula is C15H18N2O3. The molecule has 0 radical (unpaired) electrons. The normalized spacial score (nSPS) is 11.0. The minimum Gasteiger partial charge on any atom is -0.477 e. The van der Waals surface area contributed by atoms with Crippen molar-refractivity contribution in [3.63, 3.8) is 0 Å². The molecule has 106 valence electrons. The van der Waals surface area contributed by atoms with Crippen molar-refractivity contribution in [1.29, 1.82) is 0 Å². The van der Waals surface area contributed by atoms with E-state index in [0.717, 1.165) is 10.9 Å². The predicted molar refractivity (Wildman–Crippen MR) is 76.8 cm³/mol. The summed E-state index contributed by atoms with van der Waals surface area (Å²) in [6.45, 7) is 3.87. The van der Waals surface area contributed by atoms with Crippen LogP contribution in [0.5, 0.6) is 0 Å². The molecule has 20 heavy (non-hydrogen) atoms. The van der Waals surface area contributed by atoms with Crippen molar-refractivity contribution in [3.8, 4) is 0 Å². The average molecular weight is 274 g/mol. The highest BCUT2D eigenvalue weighted by molar-refractivity contribution is 5.95. The van der Waals surface area contributed by atoms with Crippen LogP contribution in [0.4, 0.5) is 0 Å². The van der Waals surface area contributed by atoms with Crippen LogP contribution in [0, 0.1) is 0 Å². The number of hydrogen-bond acceptors (Lipinski definition) is 2. The second-order valence-corrected chi connectivity index (χ2v) is 5.08. The molecule has 0 atom stereocenters. The maximum absolute atomic E-state index is 12.2. The molecule has 0 fully saturated rings. The first-order chi connectivity index (χ1) is 9.41. The molecular weight excluding hydrogens is 256 g/mol. The molecule has 0 aliphatic heterocycles. The first kappa shape index (κ1) is 14.1. The number of aromatic nitrogens is 1. The molecule has 1 N–H and O–H groups in total. The number of nitrogens with zero attached hydrogens (tertiary/aromatic N) is 2. The number of carbonyl (C=O) groups excluding carboxylic acids is 1. The minimum absolute atomic E-state index is 0.0316. The zero-order valence-electron chi connectivity index (χ0n) is 11.8. The van der Waals surface area contributed by atoms with Crippen LogP contribution in [0.15, 0.2) is 30.3 Å². The topological polar surface area (TPSA) is 62.5 Å². The summed E-state index contributed by atoms with van der Waals surface area (Å²) in [6.07, 6.45) is 0. The number of carboxylic acid groups (broad SMARTS) is 1. The second-order valence-electron chi connectivity index (χ2n) is 5.08. The van der Waals surface area contributed by atoms with Gasteiger partial charge in [-0.2, -0.15) is 0 Å². The number of aromatic carboxylic acids is 1. The van der Waals surface area contributed by atoms with E-state index in [9.17, 15) is 14.7 Å². The van der Waals surface area contributed by atoms with E-state index in [1.165, 1.54) is 0 Å². The van der Waals surface area contributed by atoms with Gasteiger partial charge in [0.05, 0.1) is 0 Å². The van der Waals surface area contributed by atoms with E-state index in [1.54, 1.807) is 22.6 Å². The van der Waals surface area contributed by atoms with Gasteiger partial charge >= 0.3 is 5.97 Å². The molecule has 0 unspecified atom stereocenters. The molecule has 1 aromatic heterocycles. The summed E-state index contributed by atoms with van der Waals surface area (Å²) in [5, 5.41) is 10.1. The molecule has 5 nitrogen and oxygen atoms in total. The lowest BCUT2D eigenvalue weighted by Crippen LogP contribution is -2.36. The smallest absolute Gasteiger partial charge is 0.352 e. The number of fused-ring (bicyclic) bond motifs is 1. The first-order valence-corrected chi connectivity index (χ1v) is 6.49. The van der Waals surface area contributed by atoms with Gasteiger partial charge in [0.1, 0.15) is 12.2 Å². The first-order valence-electron chi connectivity index (χ1n) is 6.49. The SMILES string of the molecule is CC(C)N(C)C(=O)Cn1c(C(=O)O)cc2ccccc21. The van der Waals surface area contributed by atoms with Crippen molar-refractivity contribution in [2.24, 2.45) is 0 Å². The summed E-state index contributed by atoms with van der Waals surface area (Å²) < 4.78 is 1.55. The quantitative estimate of drug-likeness (QED) is 0.929. The Hall–Kier alpha value is -2.30. The number of rotatable bonds is 4. The summed E-state index contributed by atoms with van der Waals surface area (Å²) in [5.41, 5.74) is 0.895. The lowest BCUT2D eigenvalue weighted by atomic mass is 10.2. The van der Waals surface area contributed by atoms with Gasteiger partial charge in [-0.3, -0.25) is 4.79 Å². The van der Waals surface area contributed by atoms with Crippen LogP contribution in [0.1, 0.15) is 24.3 Å². The molecule has 1 aromatic carbocycles. The third-order valence-corrected chi connectivity index (χ3v) is 3.49. The van der Waals surface area contributed by atoms with Gasteiger partial charge in [-0.25, -0.2) is 4.79 Å². The van der Waals surface area contributed by atoms with Gasteiger partial charge in [-0.1, -0.05) is 18.2 Å². The van der Waals surface area contributed by atoms with Gasteiger partial charge in [-0.15, -0.1) is 0 Å². The van der Waals surface area contributed by atoms with Crippen LogP contribution in [-0.2, 0) is 11.3 Å². The minimum atomic E-state index is -1.03. The van der Waals surface area contributed by atoms with Gasteiger partial charge in [0.2, 0.25) is 5.91 Å². The van der Waals surface area contributed by atoms with Gasteiger partial charge < -0.3 is 14.6 Å². The average Bonchev–Trinajstić information content (AvgIpc) is 2.77. The van der Waals surface area contributed by atoms with Crippen molar-refractivity contribution in [3.05, 3.63) is 36.0 Å². The molecule has 1 heterocycles. The van der Waals surface area contributed by atoms with Crippen LogP contribution < -0.4 is 0 Å². The lowest BCUT2D eigenvalue weighted by Gasteiger charge is -2.22. The monoisotopic (exact) mass is 274 g/mol. The molecule has 0 saturated carbocycles. The Labute approximate surface area is 117 Å². The number of carbonyl (C=O) groups is 2. The van der Waals surface area contributed by atoms with Gasteiger partial charge in [0.15, 0.2) is 0 Å². The largest absolute Gasteiger partial charge is 0.477 e. The van der Waals surface area contributed by atoms with E-state index >= 15 is 0 Å². The molecule has 0 spiro atoms. The summed E-state index contributed by atoms with van der Waals surface area (Å²) >= 11 is 0. The number of carboxylic acids is 1. The molecule has 2 rings (SSSR count). The molecule has 5 heteroatoms. The second kappa shape index (κ2) is 5.36. The molecule has 0 saturated heterocycles. The summed E-state index contributed by atoms with van der Waals surface area (Å²) in [7, 11) is 1.72. The van der Waals surface area contributed by atoms with E-state index < -0.39 is 5.97 Å². The molecule has 0 aliphatic carbocycles. The maximum atomic E-state index is 12.2. The van der Waals surface area contributed by atoms with Crippen molar-refractivity contribution in [2.75, 3.05) is 7.05 Å². The fourth-order valence-corrected chi connectivity index (χ4v) is 2.09. The van der Waals surface area contributed by atoms with Crippen molar-refractivity contribution in [2.45, 2.75) is 26.4 Å². The van der Waals surface area contributed by atoms with E-state index in [0.29, 0.717) is 0 Å². The van der Waals surface area contributed by atoms with Crippen LogP contribution >= 0.6 is 0 Å². The van der Waals surface area contributed by atoms with E-state index in [1.807, 2.05) is 38.1 Å². The lowest BCUT2D eigenvalue weighted by molar-refractivity contribution is -0.131. The summed E-state index contributed by atoms with van der Waals surface area (Å²) in [5.74, 6) is -1.13. The van der Waals surface area contributed by atoms with Gasteiger partial charge in [-0.05, 0) is 26.0 Å².